The molecule has 2 aliphatic rings. The van der Waals surface area contributed by atoms with E-state index in [9.17, 15) is 0 Å². The van der Waals surface area contributed by atoms with E-state index in [4.69, 9.17) is 5.26 Å². The molecule has 2 fully saturated rings. The molecular formula is C13H22N2. The summed E-state index contributed by atoms with van der Waals surface area (Å²) in [5.74, 6) is 0.892. The molecule has 1 atom stereocenters. The van der Waals surface area contributed by atoms with Gasteiger partial charge in [0.15, 0.2) is 0 Å². The van der Waals surface area contributed by atoms with Gasteiger partial charge in [0, 0.05) is 19.0 Å². The maximum absolute atomic E-state index is 8.74. The lowest BCUT2D eigenvalue weighted by Crippen LogP contribution is -2.36. The standard InChI is InChI=1S/C13H22N2/c1-11(12-4-2-3-5-12)15-10-13(6-7-13)8-9-14/h11-12,15H,2-8,10H2,1H3. The van der Waals surface area contributed by atoms with Gasteiger partial charge in [-0.3, -0.25) is 0 Å². The van der Waals surface area contributed by atoms with Crippen LogP contribution in [0.2, 0.25) is 0 Å². The van der Waals surface area contributed by atoms with Gasteiger partial charge in [-0.25, -0.2) is 0 Å². The highest BCUT2D eigenvalue weighted by Gasteiger charge is 2.42. The Balaban J connectivity index is 1.71. The van der Waals surface area contributed by atoms with Gasteiger partial charge in [-0.2, -0.15) is 5.26 Å². The second-order valence-electron chi connectivity index (χ2n) is 5.55. The van der Waals surface area contributed by atoms with Crippen LogP contribution >= 0.6 is 0 Å². The van der Waals surface area contributed by atoms with Crippen LogP contribution in [-0.2, 0) is 0 Å². The van der Waals surface area contributed by atoms with Crippen molar-refractivity contribution in [1.82, 2.24) is 5.32 Å². The fourth-order valence-electron chi connectivity index (χ4n) is 2.76. The van der Waals surface area contributed by atoms with Gasteiger partial charge in [-0.1, -0.05) is 12.8 Å². The van der Waals surface area contributed by atoms with Gasteiger partial charge < -0.3 is 5.32 Å². The maximum atomic E-state index is 8.74. The van der Waals surface area contributed by atoms with E-state index in [0.29, 0.717) is 11.5 Å². The summed E-state index contributed by atoms with van der Waals surface area (Å²) in [4.78, 5) is 0. The van der Waals surface area contributed by atoms with E-state index >= 15 is 0 Å². The highest BCUT2D eigenvalue weighted by Crippen LogP contribution is 2.48. The van der Waals surface area contributed by atoms with E-state index in [2.05, 4.69) is 18.3 Å². The average Bonchev–Trinajstić information content (AvgIpc) is 2.81. The van der Waals surface area contributed by atoms with Gasteiger partial charge in [0.2, 0.25) is 0 Å². The molecule has 0 amide bonds. The summed E-state index contributed by atoms with van der Waals surface area (Å²) in [6, 6.07) is 2.98. The topological polar surface area (TPSA) is 35.8 Å². The van der Waals surface area contributed by atoms with Crippen LogP contribution in [0.5, 0.6) is 0 Å². The minimum Gasteiger partial charge on any atom is -0.313 e. The number of rotatable bonds is 5. The Kier molecular flexibility index (Phi) is 3.31. The highest BCUT2D eigenvalue weighted by atomic mass is 14.9. The molecule has 1 unspecified atom stereocenters. The smallest absolute Gasteiger partial charge is 0.0628 e. The van der Waals surface area contributed by atoms with Crippen LogP contribution in [0, 0.1) is 22.7 Å². The lowest BCUT2D eigenvalue weighted by molar-refractivity contribution is 0.344. The first-order valence-corrected chi connectivity index (χ1v) is 6.36. The molecule has 0 aromatic carbocycles. The van der Waals surface area contributed by atoms with Crippen LogP contribution in [0.1, 0.15) is 51.9 Å². The third-order valence-corrected chi connectivity index (χ3v) is 4.32. The van der Waals surface area contributed by atoms with E-state index < -0.39 is 0 Å². The van der Waals surface area contributed by atoms with Crippen molar-refractivity contribution < 1.29 is 0 Å². The minimum absolute atomic E-state index is 0.363. The summed E-state index contributed by atoms with van der Waals surface area (Å²) in [7, 11) is 0. The third kappa shape index (κ3) is 2.72. The highest BCUT2D eigenvalue weighted by molar-refractivity contribution is 5.01. The van der Waals surface area contributed by atoms with E-state index in [0.717, 1.165) is 18.9 Å². The van der Waals surface area contributed by atoms with Crippen molar-refractivity contribution in [1.29, 1.82) is 5.26 Å². The number of hydrogen-bond acceptors (Lipinski definition) is 2. The molecule has 2 rings (SSSR count). The van der Waals surface area contributed by atoms with Gasteiger partial charge in [-0.15, -0.1) is 0 Å². The molecule has 0 heterocycles. The SMILES string of the molecule is CC(NCC1(CC#N)CC1)C1CCCC1. The predicted molar refractivity (Wildman–Crippen MR) is 61.3 cm³/mol. The van der Waals surface area contributed by atoms with Gasteiger partial charge >= 0.3 is 0 Å². The molecule has 2 aliphatic carbocycles. The third-order valence-electron chi connectivity index (χ3n) is 4.32. The summed E-state index contributed by atoms with van der Waals surface area (Å²) >= 11 is 0. The van der Waals surface area contributed by atoms with Crippen LogP contribution in [0.25, 0.3) is 0 Å². The first-order chi connectivity index (χ1) is 7.26. The molecule has 0 bridgehead atoms. The Morgan fingerprint density at radius 2 is 2.07 bits per heavy atom. The van der Waals surface area contributed by atoms with Crippen LogP contribution in [0.3, 0.4) is 0 Å². The molecule has 2 heteroatoms. The Morgan fingerprint density at radius 3 is 2.60 bits per heavy atom. The van der Waals surface area contributed by atoms with Crippen LogP contribution in [0.4, 0.5) is 0 Å². The summed E-state index contributed by atoms with van der Waals surface area (Å²) in [5, 5.41) is 12.4. The van der Waals surface area contributed by atoms with Gasteiger partial charge in [0.1, 0.15) is 0 Å². The molecule has 84 valence electrons. The Morgan fingerprint density at radius 1 is 1.40 bits per heavy atom. The van der Waals surface area contributed by atoms with Crippen molar-refractivity contribution in [2.45, 2.75) is 57.9 Å². The molecule has 0 aliphatic heterocycles. The number of nitrogens with one attached hydrogen (secondary N) is 1. The summed E-state index contributed by atoms with van der Waals surface area (Å²) in [6.07, 6.45) is 8.90. The van der Waals surface area contributed by atoms with Crippen molar-refractivity contribution in [2.75, 3.05) is 6.54 Å². The van der Waals surface area contributed by atoms with Crippen molar-refractivity contribution in [3.8, 4) is 6.07 Å². The van der Waals surface area contributed by atoms with Gasteiger partial charge in [-0.05, 0) is 43.9 Å². The number of nitrogens with zero attached hydrogens (tertiary/aromatic N) is 1. The number of nitriles is 1. The lowest BCUT2D eigenvalue weighted by Gasteiger charge is -2.23. The lowest BCUT2D eigenvalue weighted by atomic mass is 9.97. The molecule has 0 spiro atoms. The Hall–Kier alpha value is -0.550. The molecule has 15 heavy (non-hydrogen) atoms. The normalized spacial score (nSPS) is 26.1. The van der Waals surface area contributed by atoms with Gasteiger partial charge in [0.05, 0.1) is 6.07 Å². The zero-order chi connectivity index (χ0) is 10.7. The Labute approximate surface area is 93.0 Å². The second-order valence-corrected chi connectivity index (χ2v) is 5.55. The minimum atomic E-state index is 0.363. The van der Waals surface area contributed by atoms with Crippen molar-refractivity contribution >= 4 is 0 Å². The fourth-order valence-corrected chi connectivity index (χ4v) is 2.76. The van der Waals surface area contributed by atoms with Gasteiger partial charge in [0.25, 0.3) is 0 Å². The van der Waals surface area contributed by atoms with Crippen molar-refractivity contribution in [3.63, 3.8) is 0 Å². The summed E-state index contributed by atoms with van der Waals surface area (Å²) in [6.45, 7) is 3.39. The number of hydrogen-bond donors (Lipinski definition) is 1. The zero-order valence-electron chi connectivity index (χ0n) is 9.76. The molecule has 0 radical (unpaired) electrons. The summed E-state index contributed by atoms with van der Waals surface area (Å²) < 4.78 is 0. The monoisotopic (exact) mass is 206 g/mol. The second kappa shape index (κ2) is 4.53. The first kappa shape index (κ1) is 11.0. The quantitative estimate of drug-likeness (QED) is 0.750. The molecule has 0 saturated heterocycles. The molecule has 2 nitrogen and oxygen atoms in total. The average molecular weight is 206 g/mol. The largest absolute Gasteiger partial charge is 0.313 e. The van der Waals surface area contributed by atoms with E-state index in [1.807, 2.05) is 0 Å². The maximum Gasteiger partial charge on any atom is 0.0628 e. The molecule has 1 N–H and O–H groups in total. The molecule has 2 saturated carbocycles. The molecule has 0 aromatic heterocycles. The summed E-state index contributed by atoms with van der Waals surface area (Å²) in [5.41, 5.74) is 0.363. The molecule has 0 aromatic rings. The van der Waals surface area contributed by atoms with E-state index in [1.165, 1.54) is 38.5 Å². The molecular weight excluding hydrogens is 184 g/mol. The predicted octanol–water partition coefficient (Wildman–Crippen LogP) is 2.85. The Bertz CT molecular complexity index is 244. The first-order valence-electron chi connectivity index (χ1n) is 6.36. The fraction of sp³-hybridized carbons (Fsp3) is 0.923. The van der Waals surface area contributed by atoms with E-state index in [1.54, 1.807) is 0 Å². The van der Waals surface area contributed by atoms with Crippen molar-refractivity contribution in [2.24, 2.45) is 11.3 Å². The van der Waals surface area contributed by atoms with Crippen LogP contribution in [-0.4, -0.2) is 12.6 Å². The van der Waals surface area contributed by atoms with Crippen molar-refractivity contribution in [3.05, 3.63) is 0 Å². The van der Waals surface area contributed by atoms with Crippen LogP contribution in [0.15, 0.2) is 0 Å². The zero-order valence-corrected chi connectivity index (χ0v) is 9.76. The van der Waals surface area contributed by atoms with Crippen LogP contribution < -0.4 is 5.32 Å². The van der Waals surface area contributed by atoms with E-state index in [-0.39, 0.29) is 0 Å².